The molecule has 0 unspecified atom stereocenters. The second-order valence-corrected chi connectivity index (χ2v) is 6.91. The summed E-state index contributed by atoms with van der Waals surface area (Å²) in [6, 6.07) is 0. The molecule has 0 spiro atoms. The average Bonchev–Trinajstić information content (AvgIpc) is 2.90. The van der Waals surface area contributed by atoms with E-state index in [9.17, 15) is 8.42 Å². The van der Waals surface area contributed by atoms with E-state index in [1.165, 1.54) is 6.42 Å². The van der Waals surface area contributed by atoms with Crippen molar-refractivity contribution in [1.29, 1.82) is 0 Å². The molecule has 0 aromatic heterocycles. The molecule has 2 fully saturated rings. The number of sulfonamides is 1. The third-order valence-electron chi connectivity index (χ3n) is 3.64. The zero-order chi connectivity index (χ0) is 10.9. The van der Waals surface area contributed by atoms with Crippen LogP contribution in [0.4, 0.5) is 0 Å². The van der Waals surface area contributed by atoms with Crippen molar-refractivity contribution in [2.45, 2.75) is 32.1 Å². The van der Waals surface area contributed by atoms with Gasteiger partial charge in [0.2, 0.25) is 10.0 Å². The molecule has 0 atom stereocenters. The van der Waals surface area contributed by atoms with Gasteiger partial charge in [0, 0.05) is 18.6 Å². The van der Waals surface area contributed by atoms with Crippen LogP contribution in [0.5, 0.6) is 0 Å². The van der Waals surface area contributed by atoms with Crippen molar-refractivity contribution in [2.75, 3.05) is 18.9 Å². The molecule has 5 heteroatoms. The van der Waals surface area contributed by atoms with Crippen molar-refractivity contribution in [3.63, 3.8) is 0 Å². The molecule has 0 aromatic rings. The average molecular weight is 233 g/mol. The molecular formula is C10H19NO3S. The van der Waals surface area contributed by atoms with Crippen LogP contribution < -0.4 is 4.72 Å². The van der Waals surface area contributed by atoms with Crippen molar-refractivity contribution in [3.8, 4) is 0 Å². The van der Waals surface area contributed by atoms with Gasteiger partial charge in [-0.2, -0.15) is 0 Å². The van der Waals surface area contributed by atoms with E-state index in [4.69, 9.17) is 5.11 Å². The molecule has 0 amide bonds. The summed E-state index contributed by atoms with van der Waals surface area (Å²) in [6.45, 7) is 0.511. The predicted molar refractivity (Wildman–Crippen MR) is 57.9 cm³/mol. The van der Waals surface area contributed by atoms with Gasteiger partial charge in [-0.05, 0) is 31.6 Å². The third-order valence-corrected chi connectivity index (χ3v) is 5.13. The maximum atomic E-state index is 11.6. The molecule has 0 heterocycles. The standard InChI is InChI=1S/C10H19NO3S/c12-8-10(4-5-10)7-11-15(13,14)6-9-2-1-3-9/h9,11-12H,1-8H2. The van der Waals surface area contributed by atoms with Gasteiger partial charge in [-0.1, -0.05) is 6.42 Å². The Bertz CT molecular complexity index is 318. The fourth-order valence-corrected chi connectivity index (χ4v) is 3.46. The third kappa shape index (κ3) is 2.92. The minimum Gasteiger partial charge on any atom is -0.396 e. The van der Waals surface area contributed by atoms with Gasteiger partial charge in [0.1, 0.15) is 0 Å². The maximum absolute atomic E-state index is 11.6. The van der Waals surface area contributed by atoms with E-state index in [0.29, 0.717) is 12.5 Å². The number of hydrogen-bond donors (Lipinski definition) is 2. The van der Waals surface area contributed by atoms with E-state index in [1.54, 1.807) is 0 Å². The van der Waals surface area contributed by atoms with Gasteiger partial charge in [-0.3, -0.25) is 0 Å². The molecule has 2 aliphatic carbocycles. The maximum Gasteiger partial charge on any atom is 0.211 e. The smallest absolute Gasteiger partial charge is 0.211 e. The Balaban J connectivity index is 1.77. The van der Waals surface area contributed by atoms with Crippen LogP contribution in [-0.2, 0) is 10.0 Å². The van der Waals surface area contributed by atoms with Gasteiger partial charge < -0.3 is 5.11 Å². The van der Waals surface area contributed by atoms with Crippen molar-refractivity contribution >= 4 is 10.0 Å². The first kappa shape index (κ1) is 11.4. The van der Waals surface area contributed by atoms with Crippen LogP contribution in [0.1, 0.15) is 32.1 Å². The minimum atomic E-state index is -3.11. The second kappa shape index (κ2) is 4.03. The number of hydrogen-bond acceptors (Lipinski definition) is 3. The lowest BCUT2D eigenvalue weighted by Crippen LogP contribution is -2.36. The predicted octanol–water partition coefficient (Wildman–Crippen LogP) is 0.478. The molecular weight excluding hydrogens is 214 g/mol. The molecule has 2 rings (SSSR count). The number of aliphatic hydroxyl groups is 1. The van der Waals surface area contributed by atoms with Crippen LogP contribution in [0, 0.1) is 11.3 Å². The Labute approximate surface area is 91.1 Å². The Morgan fingerprint density at radius 1 is 1.33 bits per heavy atom. The fourth-order valence-electron chi connectivity index (χ4n) is 1.86. The van der Waals surface area contributed by atoms with Crippen LogP contribution in [0.15, 0.2) is 0 Å². The van der Waals surface area contributed by atoms with Crippen LogP contribution in [0.3, 0.4) is 0 Å². The highest BCUT2D eigenvalue weighted by Crippen LogP contribution is 2.44. The molecule has 4 nitrogen and oxygen atoms in total. The summed E-state index contributed by atoms with van der Waals surface area (Å²) in [4.78, 5) is 0. The Hall–Kier alpha value is -0.130. The van der Waals surface area contributed by atoms with Crippen LogP contribution >= 0.6 is 0 Å². The normalized spacial score (nSPS) is 24.9. The van der Waals surface area contributed by atoms with Gasteiger partial charge in [0.15, 0.2) is 0 Å². The molecule has 0 aliphatic heterocycles. The van der Waals surface area contributed by atoms with E-state index < -0.39 is 10.0 Å². The highest BCUT2D eigenvalue weighted by Gasteiger charge is 2.42. The molecule has 2 saturated carbocycles. The van der Waals surface area contributed by atoms with E-state index >= 15 is 0 Å². The number of nitrogens with one attached hydrogen (secondary N) is 1. The highest BCUT2D eigenvalue weighted by molar-refractivity contribution is 7.89. The van der Waals surface area contributed by atoms with Gasteiger partial charge in [-0.15, -0.1) is 0 Å². The van der Waals surface area contributed by atoms with Crippen molar-refractivity contribution in [3.05, 3.63) is 0 Å². The number of aliphatic hydroxyl groups excluding tert-OH is 1. The molecule has 0 bridgehead atoms. The molecule has 2 N–H and O–H groups in total. The molecule has 88 valence electrons. The van der Waals surface area contributed by atoms with Crippen LogP contribution in [0.2, 0.25) is 0 Å². The molecule has 0 radical (unpaired) electrons. The van der Waals surface area contributed by atoms with E-state index in [-0.39, 0.29) is 17.8 Å². The van der Waals surface area contributed by atoms with Crippen molar-refractivity contribution in [1.82, 2.24) is 4.72 Å². The van der Waals surface area contributed by atoms with E-state index in [0.717, 1.165) is 25.7 Å². The Morgan fingerprint density at radius 3 is 2.40 bits per heavy atom. The molecule has 0 saturated heterocycles. The molecule has 2 aliphatic rings. The van der Waals surface area contributed by atoms with E-state index in [1.807, 2.05) is 0 Å². The first-order valence-corrected chi connectivity index (χ1v) is 7.29. The van der Waals surface area contributed by atoms with Crippen molar-refractivity contribution in [2.24, 2.45) is 11.3 Å². The highest BCUT2D eigenvalue weighted by atomic mass is 32.2. The minimum absolute atomic E-state index is 0.0962. The van der Waals surface area contributed by atoms with Gasteiger partial charge in [0.25, 0.3) is 0 Å². The quantitative estimate of drug-likeness (QED) is 0.701. The van der Waals surface area contributed by atoms with Gasteiger partial charge in [0.05, 0.1) is 5.75 Å². The molecule has 0 aromatic carbocycles. The lowest BCUT2D eigenvalue weighted by Gasteiger charge is -2.25. The van der Waals surface area contributed by atoms with Crippen molar-refractivity contribution < 1.29 is 13.5 Å². The monoisotopic (exact) mass is 233 g/mol. The largest absolute Gasteiger partial charge is 0.396 e. The zero-order valence-corrected chi connectivity index (χ0v) is 9.72. The Morgan fingerprint density at radius 2 is 2.00 bits per heavy atom. The zero-order valence-electron chi connectivity index (χ0n) is 8.91. The lowest BCUT2D eigenvalue weighted by molar-refractivity contribution is 0.213. The van der Waals surface area contributed by atoms with Crippen LogP contribution in [0.25, 0.3) is 0 Å². The summed E-state index contributed by atoms with van der Waals surface area (Å²) in [6.07, 6.45) is 5.14. The fraction of sp³-hybridized carbons (Fsp3) is 1.00. The second-order valence-electron chi connectivity index (χ2n) is 5.06. The summed E-state index contributed by atoms with van der Waals surface area (Å²) in [7, 11) is -3.11. The number of rotatable bonds is 6. The van der Waals surface area contributed by atoms with Gasteiger partial charge >= 0.3 is 0 Å². The SMILES string of the molecule is O=S(=O)(CC1CCC1)NCC1(CO)CC1. The molecule has 15 heavy (non-hydrogen) atoms. The van der Waals surface area contributed by atoms with Crippen LogP contribution in [-0.4, -0.2) is 32.4 Å². The first-order chi connectivity index (χ1) is 7.05. The topological polar surface area (TPSA) is 66.4 Å². The first-order valence-electron chi connectivity index (χ1n) is 5.63. The lowest BCUT2D eigenvalue weighted by atomic mass is 9.87. The Kier molecular flexibility index (Phi) is 3.05. The summed E-state index contributed by atoms with van der Waals surface area (Å²) >= 11 is 0. The summed E-state index contributed by atoms with van der Waals surface area (Å²) in [5.41, 5.74) is -0.132. The summed E-state index contributed by atoms with van der Waals surface area (Å²) in [5, 5.41) is 9.06. The van der Waals surface area contributed by atoms with E-state index in [2.05, 4.69) is 4.72 Å². The van der Waals surface area contributed by atoms with Gasteiger partial charge in [-0.25, -0.2) is 13.1 Å². The summed E-state index contributed by atoms with van der Waals surface area (Å²) in [5.74, 6) is 0.640. The summed E-state index contributed by atoms with van der Waals surface area (Å²) < 4.78 is 25.9.